The Balaban J connectivity index is 1.96. The summed E-state index contributed by atoms with van der Waals surface area (Å²) in [6, 6.07) is 3.57. The number of aliphatic carboxylic acids is 1. The van der Waals surface area contributed by atoms with Crippen molar-refractivity contribution in [2.24, 2.45) is 0 Å². The van der Waals surface area contributed by atoms with Crippen molar-refractivity contribution in [1.29, 1.82) is 0 Å². The predicted octanol–water partition coefficient (Wildman–Crippen LogP) is 2.04. The molecule has 1 fully saturated rings. The van der Waals surface area contributed by atoms with Crippen LogP contribution in [-0.2, 0) is 4.79 Å². The number of benzene rings is 1. The van der Waals surface area contributed by atoms with Crippen molar-refractivity contribution in [2.45, 2.75) is 25.3 Å². The second-order valence-corrected chi connectivity index (χ2v) is 5.31. The van der Waals surface area contributed by atoms with Gasteiger partial charge in [-0.3, -0.25) is 9.69 Å². The average Bonchev–Trinajstić information content (AvgIpc) is 3.14. The van der Waals surface area contributed by atoms with Crippen molar-refractivity contribution in [1.82, 2.24) is 4.90 Å². The standard InChI is InChI=1S/C15H19NO5/c1-19-12-6-10(7-13-15(12)21-9-20-13)11(8-14(17)18)16-4-2-3-5-16/h6-7,11H,2-5,8-9H2,1H3,(H,17,18). The van der Waals surface area contributed by atoms with E-state index in [0.717, 1.165) is 31.5 Å². The molecule has 0 aromatic heterocycles. The molecule has 1 saturated heterocycles. The lowest BCUT2D eigenvalue weighted by molar-refractivity contribution is -0.138. The number of ether oxygens (including phenoxy) is 3. The maximum atomic E-state index is 11.2. The maximum Gasteiger partial charge on any atom is 0.305 e. The van der Waals surface area contributed by atoms with Crippen LogP contribution in [0, 0.1) is 0 Å². The number of carbonyl (C=O) groups is 1. The zero-order valence-electron chi connectivity index (χ0n) is 12.0. The monoisotopic (exact) mass is 293 g/mol. The third-order valence-electron chi connectivity index (χ3n) is 4.01. The van der Waals surface area contributed by atoms with E-state index in [1.807, 2.05) is 12.1 Å². The summed E-state index contributed by atoms with van der Waals surface area (Å²) < 4.78 is 16.2. The molecule has 6 heteroatoms. The van der Waals surface area contributed by atoms with Crippen LogP contribution in [0.1, 0.15) is 30.9 Å². The summed E-state index contributed by atoms with van der Waals surface area (Å²) in [5, 5.41) is 9.21. The topological polar surface area (TPSA) is 68.2 Å². The maximum absolute atomic E-state index is 11.2. The number of hydrogen-bond donors (Lipinski definition) is 1. The highest BCUT2D eigenvalue weighted by Crippen LogP contribution is 2.44. The van der Waals surface area contributed by atoms with Crippen LogP contribution in [0.5, 0.6) is 17.2 Å². The molecule has 2 aliphatic heterocycles. The summed E-state index contributed by atoms with van der Waals surface area (Å²) in [4.78, 5) is 13.4. The molecule has 2 heterocycles. The van der Waals surface area contributed by atoms with Gasteiger partial charge in [0.05, 0.1) is 13.5 Å². The summed E-state index contributed by atoms with van der Waals surface area (Å²) in [5.41, 5.74) is 0.903. The van der Waals surface area contributed by atoms with Gasteiger partial charge in [0.25, 0.3) is 0 Å². The molecule has 1 aromatic rings. The average molecular weight is 293 g/mol. The van der Waals surface area contributed by atoms with Crippen LogP contribution in [0.25, 0.3) is 0 Å². The van der Waals surface area contributed by atoms with Crippen LogP contribution < -0.4 is 14.2 Å². The van der Waals surface area contributed by atoms with Crippen molar-refractivity contribution in [3.8, 4) is 17.2 Å². The lowest BCUT2D eigenvalue weighted by atomic mass is 10.0. The van der Waals surface area contributed by atoms with Gasteiger partial charge in [-0.1, -0.05) is 0 Å². The molecule has 21 heavy (non-hydrogen) atoms. The zero-order chi connectivity index (χ0) is 14.8. The SMILES string of the molecule is COc1cc(C(CC(=O)O)N2CCCC2)cc2c1OCO2. The van der Waals surface area contributed by atoms with Gasteiger partial charge in [0.1, 0.15) is 0 Å². The molecular weight excluding hydrogens is 274 g/mol. The van der Waals surface area contributed by atoms with E-state index in [1.54, 1.807) is 7.11 Å². The van der Waals surface area contributed by atoms with Gasteiger partial charge in [-0.25, -0.2) is 0 Å². The van der Waals surface area contributed by atoms with E-state index in [-0.39, 0.29) is 19.3 Å². The van der Waals surface area contributed by atoms with Crippen LogP contribution >= 0.6 is 0 Å². The number of nitrogens with zero attached hydrogens (tertiary/aromatic N) is 1. The van der Waals surface area contributed by atoms with Gasteiger partial charge in [0.15, 0.2) is 11.5 Å². The predicted molar refractivity (Wildman–Crippen MR) is 74.9 cm³/mol. The number of likely N-dealkylation sites (tertiary alicyclic amines) is 1. The zero-order valence-corrected chi connectivity index (χ0v) is 12.0. The summed E-state index contributed by atoms with van der Waals surface area (Å²) in [6.45, 7) is 2.02. The van der Waals surface area contributed by atoms with E-state index in [0.29, 0.717) is 17.2 Å². The first kappa shape index (κ1) is 14.0. The summed E-state index contributed by atoms with van der Waals surface area (Å²) in [6.07, 6.45) is 2.29. The largest absolute Gasteiger partial charge is 0.493 e. The number of hydrogen-bond acceptors (Lipinski definition) is 5. The van der Waals surface area contributed by atoms with Gasteiger partial charge in [-0.05, 0) is 43.6 Å². The molecule has 0 spiro atoms. The quantitative estimate of drug-likeness (QED) is 0.896. The lowest BCUT2D eigenvalue weighted by Crippen LogP contribution is -2.27. The van der Waals surface area contributed by atoms with E-state index in [1.165, 1.54) is 0 Å². The third kappa shape index (κ3) is 2.76. The molecule has 0 aliphatic carbocycles. The number of carboxylic acid groups (broad SMARTS) is 1. The fourth-order valence-corrected chi connectivity index (χ4v) is 3.02. The highest BCUT2D eigenvalue weighted by atomic mass is 16.7. The van der Waals surface area contributed by atoms with Crippen LogP contribution in [0.4, 0.5) is 0 Å². The van der Waals surface area contributed by atoms with Gasteiger partial charge in [-0.15, -0.1) is 0 Å². The fraction of sp³-hybridized carbons (Fsp3) is 0.533. The van der Waals surface area contributed by atoms with Crippen molar-refractivity contribution >= 4 is 5.97 Å². The van der Waals surface area contributed by atoms with E-state index in [4.69, 9.17) is 14.2 Å². The Bertz CT molecular complexity index is 539. The van der Waals surface area contributed by atoms with Gasteiger partial charge in [0.2, 0.25) is 12.5 Å². The van der Waals surface area contributed by atoms with Crippen LogP contribution in [0.2, 0.25) is 0 Å². The van der Waals surface area contributed by atoms with Crippen molar-refractivity contribution in [3.05, 3.63) is 17.7 Å². The Kier molecular flexibility index (Phi) is 3.88. The molecular formula is C15H19NO5. The third-order valence-corrected chi connectivity index (χ3v) is 4.01. The van der Waals surface area contributed by atoms with Crippen molar-refractivity contribution in [2.75, 3.05) is 27.0 Å². The van der Waals surface area contributed by atoms with Gasteiger partial charge in [-0.2, -0.15) is 0 Å². The molecule has 1 N–H and O–H groups in total. The Morgan fingerprint density at radius 3 is 2.81 bits per heavy atom. The van der Waals surface area contributed by atoms with E-state index in [2.05, 4.69) is 4.90 Å². The first-order valence-electron chi connectivity index (χ1n) is 7.12. The van der Waals surface area contributed by atoms with Gasteiger partial charge < -0.3 is 19.3 Å². The van der Waals surface area contributed by atoms with Crippen molar-refractivity contribution < 1.29 is 24.1 Å². The Labute approximate surface area is 123 Å². The second kappa shape index (κ2) is 5.81. The molecule has 0 saturated carbocycles. The van der Waals surface area contributed by atoms with Crippen LogP contribution in [0.3, 0.4) is 0 Å². The summed E-state index contributed by atoms with van der Waals surface area (Å²) in [5.74, 6) is 1.01. The highest BCUT2D eigenvalue weighted by Gasteiger charge is 2.29. The number of rotatable bonds is 5. The van der Waals surface area contributed by atoms with Crippen LogP contribution in [0.15, 0.2) is 12.1 Å². The Morgan fingerprint density at radius 2 is 2.14 bits per heavy atom. The molecule has 6 nitrogen and oxygen atoms in total. The summed E-state index contributed by atoms with van der Waals surface area (Å²) >= 11 is 0. The molecule has 1 aromatic carbocycles. The molecule has 0 bridgehead atoms. The lowest BCUT2D eigenvalue weighted by Gasteiger charge is -2.27. The molecule has 2 aliphatic rings. The fourth-order valence-electron chi connectivity index (χ4n) is 3.02. The highest BCUT2D eigenvalue weighted by molar-refractivity contribution is 5.68. The number of fused-ring (bicyclic) bond motifs is 1. The first-order valence-corrected chi connectivity index (χ1v) is 7.12. The molecule has 1 atom stereocenters. The minimum Gasteiger partial charge on any atom is -0.493 e. The normalized spacial score (nSPS) is 18.7. The second-order valence-electron chi connectivity index (χ2n) is 5.31. The van der Waals surface area contributed by atoms with E-state index in [9.17, 15) is 9.90 Å². The minimum absolute atomic E-state index is 0.0722. The Hall–Kier alpha value is -1.95. The number of methoxy groups -OCH3 is 1. The van der Waals surface area contributed by atoms with Crippen molar-refractivity contribution in [3.63, 3.8) is 0 Å². The minimum atomic E-state index is -0.802. The van der Waals surface area contributed by atoms with Gasteiger partial charge >= 0.3 is 5.97 Å². The number of carboxylic acids is 1. The van der Waals surface area contributed by atoms with Gasteiger partial charge in [0, 0.05) is 6.04 Å². The molecule has 0 radical (unpaired) electrons. The first-order chi connectivity index (χ1) is 10.2. The molecule has 0 amide bonds. The smallest absolute Gasteiger partial charge is 0.305 e. The molecule has 114 valence electrons. The summed E-state index contributed by atoms with van der Waals surface area (Å²) in [7, 11) is 1.57. The van der Waals surface area contributed by atoms with E-state index < -0.39 is 5.97 Å². The van der Waals surface area contributed by atoms with E-state index >= 15 is 0 Å². The molecule has 1 unspecified atom stereocenters. The van der Waals surface area contributed by atoms with Crippen LogP contribution in [-0.4, -0.2) is 43.0 Å². The Morgan fingerprint density at radius 1 is 1.38 bits per heavy atom. The molecule has 3 rings (SSSR count).